The van der Waals surface area contributed by atoms with E-state index in [-0.39, 0.29) is 0 Å². The smallest absolute Gasteiger partial charge is 0.0742 e. The number of nitrogens with zero attached hydrogens (tertiary/aromatic N) is 1. The highest BCUT2D eigenvalue weighted by Crippen LogP contribution is 2.65. The summed E-state index contributed by atoms with van der Waals surface area (Å²) in [6.45, 7) is 0. The number of hydrogen-bond acceptors (Lipinski definition) is 2. The van der Waals surface area contributed by atoms with Gasteiger partial charge in [-0.15, -0.1) is 0 Å². The number of benzene rings is 10. The minimum absolute atomic E-state index is 0.539. The van der Waals surface area contributed by atoms with Crippen molar-refractivity contribution < 1.29 is 0 Å². The lowest BCUT2D eigenvalue weighted by molar-refractivity contribution is 0.730. The third kappa shape index (κ3) is 5.57. The van der Waals surface area contributed by atoms with Gasteiger partial charge in [-0.3, -0.25) is 0 Å². The highest BCUT2D eigenvalue weighted by atomic mass is 32.2. The van der Waals surface area contributed by atoms with E-state index in [0.717, 1.165) is 17.1 Å². The van der Waals surface area contributed by atoms with Crippen LogP contribution in [0.1, 0.15) is 22.3 Å². The van der Waals surface area contributed by atoms with E-state index in [1.807, 2.05) is 11.8 Å². The van der Waals surface area contributed by atoms with Gasteiger partial charge in [-0.25, -0.2) is 0 Å². The first-order valence-electron chi connectivity index (χ1n) is 21.0. The zero-order valence-corrected chi connectivity index (χ0v) is 34.2. The lowest BCUT2D eigenvalue weighted by atomic mass is 9.66. The molecule has 1 heterocycles. The van der Waals surface area contributed by atoms with E-state index in [4.69, 9.17) is 0 Å². The fourth-order valence-electron chi connectivity index (χ4n) is 10.1. The zero-order valence-electron chi connectivity index (χ0n) is 33.4. The van der Waals surface area contributed by atoms with Crippen molar-refractivity contribution in [3.8, 4) is 44.5 Å². The second-order valence-electron chi connectivity index (χ2n) is 16.0. The van der Waals surface area contributed by atoms with E-state index < -0.39 is 5.41 Å². The van der Waals surface area contributed by atoms with E-state index in [1.54, 1.807) is 0 Å². The average Bonchev–Trinajstić information content (AvgIpc) is 3.63. The van der Waals surface area contributed by atoms with Crippen LogP contribution in [0, 0.1) is 0 Å². The predicted octanol–water partition coefficient (Wildman–Crippen LogP) is 16.1. The van der Waals surface area contributed by atoms with Crippen LogP contribution in [0.25, 0.3) is 55.3 Å². The van der Waals surface area contributed by atoms with E-state index >= 15 is 0 Å². The van der Waals surface area contributed by atoms with Crippen molar-refractivity contribution in [2.45, 2.75) is 15.2 Å². The monoisotopic (exact) mass is 793 g/mol. The van der Waals surface area contributed by atoms with E-state index in [9.17, 15) is 0 Å². The molecule has 0 fully saturated rings. The summed E-state index contributed by atoms with van der Waals surface area (Å²) >= 11 is 1.90. The Balaban J connectivity index is 1.18. The minimum Gasteiger partial charge on any atom is -0.309 e. The fraction of sp³-hybridized carbons (Fsp3) is 0.0169. The van der Waals surface area contributed by atoms with Crippen LogP contribution in [0.5, 0.6) is 0 Å². The maximum Gasteiger partial charge on any atom is 0.0742 e. The molecule has 1 unspecified atom stereocenters. The molecule has 12 rings (SSSR count). The van der Waals surface area contributed by atoms with Crippen molar-refractivity contribution in [1.82, 2.24) is 0 Å². The normalized spacial score (nSPS) is 14.6. The summed E-state index contributed by atoms with van der Waals surface area (Å²) in [5, 5.41) is 2.56. The highest BCUT2D eigenvalue weighted by molar-refractivity contribution is 7.99. The Morgan fingerprint density at radius 2 is 0.934 bits per heavy atom. The van der Waals surface area contributed by atoms with Gasteiger partial charge in [0.25, 0.3) is 0 Å². The first-order chi connectivity index (χ1) is 30.3. The molecule has 1 nitrogen and oxygen atoms in total. The maximum absolute atomic E-state index is 2.52. The van der Waals surface area contributed by atoms with E-state index in [1.165, 1.54) is 87.3 Å². The molecule has 1 aliphatic carbocycles. The summed E-state index contributed by atoms with van der Waals surface area (Å²) in [5.74, 6) is 0. The van der Waals surface area contributed by atoms with Crippen LogP contribution in [-0.4, -0.2) is 0 Å². The van der Waals surface area contributed by atoms with Gasteiger partial charge in [-0.2, -0.15) is 0 Å². The van der Waals surface area contributed by atoms with Crippen LogP contribution in [0.4, 0.5) is 17.1 Å². The number of anilines is 3. The van der Waals surface area contributed by atoms with Crippen LogP contribution < -0.4 is 4.90 Å². The second-order valence-corrected chi connectivity index (χ2v) is 17.0. The quantitative estimate of drug-likeness (QED) is 0.165. The highest BCUT2D eigenvalue weighted by Gasteiger charge is 2.52. The van der Waals surface area contributed by atoms with Crippen LogP contribution >= 0.6 is 11.8 Å². The molecule has 10 aromatic rings. The molecular formula is C59H39NS. The third-order valence-electron chi connectivity index (χ3n) is 12.7. The van der Waals surface area contributed by atoms with Crippen molar-refractivity contribution in [3.05, 3.63) is 259 Å². The van der Waals surface area contributed by atoms with E-state index in [2.05, 4.69) is 241 Å². The Hall–Kier alpha value is -7.39. The minimum atomic E-state index is -0.539. The van der Waals surface area contributed by atoms with Crippen molar-refractivity contribution in [2.24, 2.45) is 0 Å². The number of fused-ring (bicyclic) bond motifs is 11. The maximum atomic E-state index is 2.52. The predicted molar refractivity (Wildman–Crippen MR) is 256 cm³/mol. The van der Waals surface area contributed by atoms with Gasteiger partial charge < -0.3 is 4.90 Å². The Morgan fingerprint density at radius 1 is 0.344 bits per heavy atom. The molecule has 0 N–H and O–H groups in total. The molecule has 1 aliphatic heterocycles. The van der Waals surface area contributed by atoms with Crippen molar-refractivity contribution >= 4 is 39.6 Å². The summed E-state index contributed by atoms with van der Waals surface area (Å²) in [5.41, 5.74) is 17.8. The molecule has 1 atom stereocenters. The summed E-state index contributed by atoms with van der Waals surface area (Å²) < 4.78 is 0. The Kier molecular flexibility index (Phi) is 8.40. The van der Waals surface area contributed by atoms with Gasteiger partial charge in [0.2, 0.25) is 0 Å². The van der Waals surface area contributed by atoms with Gasteiger partial charge in [0.1, 0.15) is 0 Å². The van der Waals surface area contributed by atoms with Crippen molar-refractivity contribution in [3.63, 3.8) is 0 Å². The molecule has 0 amide bonds. The Morgan fingerprint density at radius 3 is 1.70 bits per heavy atom. The van der Waals surface area contributed by atoms with Crippen LogP contribution in [0.15, 0.2) is 246 Å². The van der Waals surface area contributed by atoms with Gasteiger partial charge in [-0.05, 0) is 109 Å². The number of hydrogen-bond donors (Lipinski definition) is 0. The van der Waals surface area contributed by atoms with E-state index in [0.29, 0.717) is 0 Å². The lowest BCUT2D eigenvalue weighted by Crippen LogP contribution is -2.32. The summed E-state index contributed by atoms with van der Waals surface area (Å²) in [6, 6.07) is 87.4. The Labute approximate surface area is 361 Å². The first-order valence-corrected chi connectivity index (χ1v) is 21.8. The molecule has 2 heteroatoms. The molecule has 10 aromatic carbocycles. The molecule has 2 aliphatic rings. The number of rotatable bonds is 6. The summed E-state index contributed by atoms with van der Waals surface area (Å²) in [4.78, 5) is 5.13. The SMILES string of the molecule is c1ccc(-c2ccc(N(c3ccc(-c4ccccc4)cc3-c3ccccc3)c3cccc4c3-c3ccccc3C43c4ccccc4Sc4ccc5ccccc5c43)cc2)cc1. The van der Waals surface area contributed by atoms with Gasteiger partial charge >= 0.3 is 0 Å². The average molecular weight is 794 g/mol. The molecule has 1 spiro atoms. The summed E-state index contributed by atoms with van der Waals surface area (Å²) in [7, 11) is 0. The lowest BCUT2D eigenvalue weighted by Gasteiger charge is -2.40. The molecule has 0 aromatic heterocycles. The van der Waals surface area contributed by atoms with Crippen molar-refractivity contribution in [2.75, 3.05) is 4.90 Å². The molecule has 0 saturated heterocycles. The topological polar surface area (TPSA) is 3.24 Å². The van der Waals surface area contributed by atoms with Gasteiger partial charge in [0, 0.05) is 26.6 Å². The molecule has 0 radical (unpaired) electrons. The molecule has 61 heavy (non-hydrogen) atoms. The van der Waals surface area contributed by atoms with Gasteiger partial charge in [0.05, 0.1) is 16.8 Å². The largest absolute Gasteiger partial charge is 0.309 e. The fourth-order valence-corrected chi connectivity index (χ4v) is 11.3. The van der Waals surface area contributed by atoms with Crippen LogP contribution in [0.3, 0.4) is 0 Å². The first kappa shape index (κ1) is 35.5. The molecule has 286 valence electrons. The van der Waals surface area contributed by atoms with Crippen LogP contribution in [-0.2, 0) is 5.41 Å². The van der Waals surface area contributed by atoms with Crippen molar-refractivity contribution in [1.29, 1.82) is 0 Å². The third-order valence-corrected chi connectivity index (χ3v) is 13.9. The molecule has 0 saturated carbocycles. The Bertz CT molecular complexity index is 3270. The standard InChI is InChI=1S/C59H39NS/c1-4-17-40(18-5-1)42-31-35-46(36-32-42)60(53-37-33-45(41-19-6-2-7-20-41)39-49(53)43-21-8-3-9-22-43)54-29-16-28-52-57(54)48-25-12-13-26-50(48)59(52)51-27-14-15-30-55(51)61-56-38-34-44-23-10-11-24-47(44)58(56)59/h1-39H. The summed E-state index contributed by atoms with van der Waals surface area (Å²) in [6.07, 6.45) is 0. The zero-order chi connectivity index (χ0) is 40.3. The molecule has 0 bridgehead atoms. The van der Waals surface area contributed by atoms with Gasteiger partial charge in [-0.1, -0.05) is 206 Å². The second kappa shape index (κ2) is 14.4. The van der Waals surface area contributed by atoms with Crippen LogP contribution in [0.2, 0.25) is 0 Å². The molecular weight excluding hydrogens is 755 g/mol. The van der Waals surface area contributed by atoms with Gasteiger partial charge in [0.15, 0.2) is 0 Å².